The SMILES string of the molecule is CCCS(=O)(=O)c1ccc(CC(=O)c2ccccc2)cc1. The fraction of sp³-hybridized carbons (Fsp3) is 0.235. The quantitative estimate of drug-likeness (QED) is 0.769. The lowest BCUT2D eigenvalue weighted by Gasteiger charge is -2.05. The van der Waals surface area contributed by atoms with E-state index in [0.29, 0.717) is 16.9 Å². The van der Waals surface area contributed by atoms with Gasteiger partial charge < -0.3 is 0 Å². The first kappa shape index (κ1) is 15.4. The summed E-state index contributed by atoms with van der Waals surface area (Å²) in [6.45, 7) is 1.84. The van der Waals surface area contributed by atoms with Crippen LogP contribution >= 0.6 is 0 Å². The second-order valence-corrected chi connectivity index (χ2v) is 7.04. The zero-order valence-corrected chi connectivity index (χ0v) is 12.8. The van der Waals surface area contributed by atoms with Crippen molar-refractivity contribution >= 4 is 15.6 Å². The number of hydrogen-bond donors (Lipinski definition) is 0. The van der Waals surface area contributed by atoms with Gasteiger partial charge in [0, 0.05) is 12.0 Å². The van der Waals surface area contributed by atoms with Crippen LogP contribution in [0.5, 0.6) is 0 Å². The molecule has 0 unspecified atom stereocenters. The van der Waals surface area contributed by atoms with E-state index >= 15 is 0 Å². The number of carbonyl (C=O) groups excluding carboxylic acids is 1. The van der Waals surface area contributed by atoms with Crippen molar-refractivity contribution in [2.24, 2.45) is 0 Å². The Bertz CT molecular complexity index is 701. The number of rotatable bonds is 6. The summed E-state index contributed by atoms with van der Waals surface area (Å²) in [6.07, 6.45) is 0.870. The number of carbonyl (C=O) groups is 1. The highest BCUT2D eigenvalue weighted by Crippen LogP contribution is 2.15. The van der Waals surface area contributed by atoms with Crippen LogP contribution in [0.3, 0.4) is 0 Å². The standard InChI is InChI=1S/C17H18O3S/c1-2-12-21(19,20)16-10-8-14(9-11-16)13-17(18)15-6-4-3-5-7-15/h3-11H,2,12-13H2,1H3. The molecule has 0 aliphatic carbocycles. The topological polar surface area (TPSA) is 51.2 Å². The van der Waals surface area contributed by atoms with Crippen LogP contribution in [0.1, 0.15) is 29.3 Å². The van der Waals surface area contributed by atoms with E-state index in [1.165, 1.54) is 0 Å². The summed E-state index contributed by atoms with van der Waals surface area (Å²) in [7, 11) is -3.19. The van der Waals surface area contributed by atoms with Crippen LogP contribution in [0, 0.1) is 0 Å². The van der Waals surface area contributed by atoms with Crippen molar-refractivity contribution in [1.82, 2.24) is 0 Å². The van der Waals surface area contributed by atoms with Crippen LogP contribution in [0.2, 0.25) is 0 Å². The molecule has 0 fully saturated rings. The number of benzene rings is 2. The molecule has 2 aromatic rings. The lowest BCUT2D eigenvalue weighted by molar-refractivity contribution is 0.0993. The third kappa shape index (κ3) is 4.02. The van der Waals surface area contributed by atoms with E-state index in [9.17, 15) is 13.2 Å². The minimum Gasteiger partial charge on any atom is -0.294 e. The van der Waals surface area contributed by atoms with Crippen molar-refractivity contribution in [1.29, 1.82) is 0 Å². The monoisotopic (exact) mass is 302 g/mol. The van der Waals surface area contributed by atoms with Crippen LogP contribution < -0.4 is 0 Å². The zero-order valence-electron chi connectivity index (χ0n) is 12.0. The van der Waals surface area contributed by atoms with Crippen molar-refractivity contribution in [2.45, 2.75) is 24.7 Å². The van der Waals surface area contributed by atoms with Gasteiger partial charge >= 0.3 is 0 Å². The molecule has 0 aliphatic heterocycles. The minimum atomic E-state index is -3.19. The molecule has 21 heavy (non-hydrogen) atoms. The molecule has 110 valence electrons. The highest BCUT2D eigenvalue weighted by atomic mass is 32.2. The third-order valence-corrected chi connectivity index (χ3v) is 5.15. The number of Topliss-reactive ketones (excluding diaryl/α,β-unsaturated/α-hetero) is 1. The molecule has 4 heteroatoms. The van der Waals surface area contributed by atoms with Gasteiger partial charge in [-0.1, -0.05) is 49.4 Å². The summed E-state index contributed by atoms with van der Waals surface area (Å²) in [4.78, 5) is 12.4. The second-order valence-electron chi connectivity index (χ2n) is 4.93. The summed E-state index contributed by atoms with van der Waals surface area (Å²) < 4.78 is 23.8. The average Bonchev–Trinajstić information content (AvgIpc) is 2.48. The van der Waals surface area contributed by atoms with E-state index in [1.54, 1.807) is 36.4 Å². The molecule has 0 heterocycles. The van der Waals surface area contributed by atoms with Crippen LogP contribution in [0.4, 0.5) is 0 Å². The fourth-order valence-electron chi connectivity index (χ4n) is 2.11. The van der Waals surface area contributed by atoms with Crippen LogP contribution in [-0.2, 0) is 16.3 Å². The fourth-order valence-corrected chi connectivity index (χ4v) is 3.44. The van der Waals surface area contributed by atoms with Crippen LogP contribution in [-0.4, -0.2) is 20.0 Å². The Morgan fingerprint density at radius 1 is 0.952 bits per heavy atom. The number of hydrogen-bond acceptors (Lipinski definition) is 3. The summed E-state index contributed by atoms with van der Waals surface area (Å²) >= 11 is 0. The first-order valence-corrected chi connectivity index (χ1v) is 8.58. The zero-order chi connectivity index (χ0) is 15.3. The van der Waals surface area contributed by atoms with E-state index in [2.05, 4.69) is 0 Å². The van der Waals surface area contributed by atoms with Crippen LogP contribution in [0.15, 0.2) is 59.5 Å². The van der Waals surface area contributed by atoms with Gasteiger partial charge in [0.25, 0.3) is 0 Å². The lowest BCUT2D eigenvalue weighted by Crippen LogP contribution is -2.07. The van der Waals surface area contributed by atoms with E-state index in [4.69, 9.17) is 0 Å². The maximum absolute atomic E-state index is 12.1. The Morgan fingerprint density at radius 3 is 2.14 bits per heavy atom. The molecule has 0 radical (unpaired) electrons. The van der Waals surface area contributed by atoms with Gasteiger partial charge in [-0.25, -0.2) is 8.42 Å². The normalized spacial score (nSPS) is 11.3. The molecular weight excluding hydrogens is 284 g/mol. The third-order valence-electron chi connectivity index (χ3n) is 3.22. The number of ketones is 1. The molecular formula is C17H18O3S. The van der Waals surface area contributed by atoms with Crippen LogP contribution in [0.25, 0.3) is 0 Å². The predicted octanol–water partition coefficient (Wildman–Crippen LogP) is 3.30. The summed E-state index contributed by atoms with van der Waals surface area (Å²) in [5.41, 5.74) is 1.49. The Balaban J connectivity index is 2.12. The van der Waals surface area contributed by atoms with Crippen molar-refractivity contribution < 1.29 is 13.2 Å². The second kappa shape index (κ2) is 6.68. The summed E-state index contributed by atoms with van der Waals surface area (Å²) in [5.74, 6) is 0.176. The highest BCUT2D eigenvalue weighted by Gasteiger charge is 2.13. The van der Waals surface area contributed by atoms with E-state index in [0.717, 1.165) is 5.56 Å². The Morgan fingerprint density at radius 2 is 1.57 bits per heavy atom. The molecule has 0 N–H and O–H groups in total. The Kier molecular flexibility index (Phi) is 4.91. The summed E-state index contributed by atoms with van der Waals surface area (Å²) in [6, 6.07) is 15.7. The largest absolute Gasteiger partial charge is 0.294 e. The van der Waals surface area contributed by atoms with E-state index in [1.807, 2.05) is 25.1 Å². The van der Waals surface area contributed by atoms with Gasteiger partial charge in [-0.05, 0) is 24.1 Å². The smallest absolute Gasteiger partial charge is 0.178 e. The first-order valence-electron chi connectivity index (χ1n) is 6.93. The van der Waals surface area contributed by atoms with Crippen molar-refractivity contribution in [3.63, 3.8) is 0 Å². The predicted molar refractivity (Wildman–Crippen MR) is 83.3 cm³/mol. The Hall–Kier alpha value is -1.94. The molecule has 0 saturated heterocycles. The van der Waals surface area contributed by atoms with Gasteiger partial charge in [-0.2, -0.15) is 0 Å². The average molecular weight is 302 g/mol. The molecule has 0 spiro atoms. The minimum absolute atomic E-state index is 0.0276. The molecule has 3 nitrogen and oxygen atoms in total. The maximum Gasteiger partial charge on any atom is 0.178 e. The lowest BCUT2D eigenvalue weighted by atomic mass is 10.0. The van der Waals surface area contributed by atoms with Crippen molar-refractivity contribution in [3.05, 3.63) is 65.7 Å². The molecule has 2 aromatic carbocycles. The van der Waals surface area contributed by atoms with Gasteiger partial charge in [0.2, 0.25) is 0 Å². The molecule has 0 bridgehead atoms. The van der Waals surface area contributed by atoms with Crippen molar-refractivity contribution in [2.75, 3.05) is 5.75 Å². The molecule has 0 atom stereocenters. The first-order chi connectivity index (χ1) is 10.0. The van der Waals surface area contributed by atoms with Gasteiger partial charge in [0.1, 0.15) is 0 Å². The highest BCUT2D eigenvalue weighted by molar-refractivity contribution is 7.91. The van der Waals surface area contributed by atoms with Crippen molar-refractivity contribution in [3.8, 4) is 0 Å². The molecule has 0 aromatic heterocycles. The number of sulfone groups is 1. The van der Waals surface area contributed by atoms with Gasteiger partial charge in [0.05, 0.1) is 10.6 Å². The van der Waals surface area contributed by atoms with Gasteiger partial charge in [-0.3, -0.25) is 4.79 Å². The van der Waals surface area contributed by atoms with Gasteiger partial charge in [0.15, 0.2) is 15.6 Å². The van der Waals surface area contributed by atoms with E-state index < -0.39 is 9.84 Å². The molecule has 2 rings (SSSR count). The molecule has 0 amide bonds. The molecule has 0 aliphatic rings. The van der Waals surface area contributed by atoms with Gasteiger partial charge in [-0.15, -0.1) is 0 Å². The van der Waals surface area contributed by atoms with E-state index in [-0.39, 0.29) is 18.0 Å². The maximum atomic E-state index is 12.1. The molecule has 0 saturated carbocycles. The summed E-state index contributed by atoms with van der Waals surface area (Å²) in [5, 5.41) is 0. The Labute approximate surface area is 125 Å².